The maximum Gasteiger partial charge on any atom is 0.306 e. The average Bonchev–Trinajstić information content (AvgIpc) is 3.67. The van der Waals surface area contributed by atoms with Gasteiger partial charge in [-0.2, -0.15) is 0 Å². The summed E-state index contributed by atoms with van der Waals surface area (Å²) < 4.78 is 40.3. The molecule has 6 rings (SSSR count). The van der Waals surface area contributed by atoms with Crippen LogP contribution in [-0.4, -0.2) is 29.2 Å². The van der Waals surface area contributed by atoms with Gasteiger partial charge in [0.05, 0.1) is 20.1 Å². The van der Waals surface area contributed by atoms with Crippen molar-refractivity contribution in [2.75, 3.05) is 13.7 Å². The predicted molar refractivity (Wildman–Crippen MR) is 152 cm³/mol. The highest BCUT2D eigenvalue weighted by molar-refractivity contribution is 5.76. The van der Waals surface area contributed by atoms with Crippen LogP contribution in [0.5, 0.6) is 17.2 Å². The Morgan fingerprint density at radius 3 is 2.66 bits per heavy atom. The van der Waals surface area contributed by atoms with Crippen molar-refractivity contribution in [3.8, 4) is 28.4 Å². The molecule has 7 nitrogen and oxygen atoms in total. The molecular formula is C33H33FN2O5. The summed E-state index contributed by atoms with van der Waals surface area (Å²) in [6.45, 7) is 4.93. The Balaban J connectivity index is 1.24. The molecule has 0 N–H and O–H groups in total. The van der Waals surface area contributed by atoms with E-state index in [1.165, 1.54) is 7.11 Å². The molecule has 0 amide bonds. The topological polar surface area (TPSA) is 71.8 Å². The third-order valence-corrected chi connectivity index (χ3v) is 8.13. The van der Waals surface area contributed by atoms with Gasteiger partial charge in [0, 0.05) is 42.6 Å². The summed E-state index contributed by atoms with van der Waals surface area (Å²) >= 11 is 0. The predicted octanol–water partition coefficient (Wildman–Crippen LogP) is 6.53. The zero-order chi connectivity index (χ0) is 28.7. The molecule has 0 saturated heterocycles. The molecule has 0 fully saturated rings. The quantitative estimate of drug-likeness (QED) is 0.230. The SMILES string of the molecule is COC(=O)C[C@@H]1COc2cc(O[C@@H]3CCc4c(-c5c(C)cc(OCc6nccn6C)cc5C)ccc(F)c43)ccc21. The second-order valence-electron chi connectivity index (χ2n) is 10.8. The van der Waals surface area contributed by atoms with Crippen molar-refractivity contribution in [2.24, 2.45) is 7.05 Å². The molecule has 1 aliphatic heterocycles. The van der Waals surface area contributed by atoms with Gasteiger partial charge < -0.3 is 23.5 Å². The molecule has 2 aliphatic rings. The van der Waals surface area contributed by atoms with Gasteiger partial charge in [-0.25, -0.2) is 9.37 Å². The van der Waals surface area contributed by atoms with Crippen molar-refractivity contribution in [3.63, 3.8) is 0 Å². The third-order valence-electron chi connectivity index (χ3n) is 8.13. The number of hydrogen-bond acceptors (Lipinski definition) is 6. The molecule has 41 heavy (non-hydrogen) atoms. The highest BCUT2D eigenvalue weighted by Gasteiger charge is 2.32. The number of aryl methyl sites for hydroxylation is 3. The van der Waals surface area contributed by atoms with Crippen LogP contribution in [0.2, 0.25) is 0 Å². The standard InChI is InChI=1S/C33H33FN2O5/c1-19-13-23(39-18-30-35-11-12-36(30)3)14-20(2)32(19)25-7-9-27(34)33-26(25)8-10-28(33)41-22-5-6-24-21(15-31(37)38-4)17-40-29(24)16-22/h5-7,9,11-14,16,21,28H,8,10,15,17-18H2,1-4H3/t21-,28-/m1/s1. The summed E-state index contributed by atoms with van der Waals surface area (Å²) in [5, 5.41) is 0. The van der Waals surface area contributed by atoms with Gasteiger partial charge in [-0.3, -0.25) is 4.79 Å². The van der Waals surface area contributed by atoms with Gasteiger partial charge in [-0.1, -0.05) is 12.1 Å². The monoisotopic (exact) mass is 556 g/mol. The molecule has 8 heteroatoms. The lowest BCUT2D eigenvalue weighted by atomic mass is 9.90. The number of aromatic nitrogens is 2. The van der Waals surface area contributed by atoms with Crippen LogP contribution in [0.4, 0.5) is 4.39 Å². The van der Waals surface area contributed by atoms with Gasteiger partial charge in [-0.15, -0.1) is 0 Å². The number of rotatable bonds is 8. The van der Waals surface area contributed by atoms with Gasteiger partial charge in [0.15, 0.2) is 0 Å². The Morgan fingerprint density at radius 2 is 1.93 bits per heavy atom. The first-order chi connectivity index (χ1) is 19.8. The van der Waals surface area contributed by atoms with Crippen LogP contribution in [0.3, 0.4) is 0 Å². The van der Waals surface area contributed by atoms with E-state index < -0.39 is 6.10 Å². The van der Waals surface area contributed by atoms with Gasteiger partial charge in [-0.05, 0) is 78.8 Å². The Hall–Kier alpha value is -4.33. The number of nitrogens with zero attached hydrogens (tertiary/aromatic N) is 2. The fourth-order valence-electron chi connectivity index (χ4n) is 6.09. The lowest BCUT2D eigenvalue weighted by Crippen LogP contribution is -2.09. The first-order valence-electron chi connectivity index (χ1n) is 13.8. The lowest BCUT2D eigenvalue weighted by Gasteiger charge is -2.19. The van der Waals surface area contributed by atoms with Crippen LogP contribution < -0.4 is 14.2 Å². The van der Waals surface area contributed by atoms with Gasteiger partial charge >= 0.3 is 5.97 Å². The van der Waals surface area contributed by atoms with Crippen molar-refractivity contribution in [1.82, 2.24) is 9.55 Å². The van der Waals surface area contributed by atoms with Gasteiger partial charge in [0.1, 0.15) is 41.6 Å². The normalized spacial score (nSPS) is 17.1. The zero-order valence-corrected chi connectivity index (χ0v) is 23.7. The summed E-state index contributed by atoms with van der Waals surface area (Å²) in [6, 6.07) is 13.1. The summed E-state index contributed by atoms with van der Waals surface area (Å²) in [5.74, 6) is 2.37. The number of ether oxygens (including phenoxy) is 4. The van der Waals surface area contributed by atoms with Crippen molar-refractivity contribution in [3.05, 3.63) is 94.3 Å². The maximum absolute atomic E-state index is 15.3. The molecule has 0 bridgehead atoms. The van der Waals surface area contributed by atoms with E-state index in [-0.39, 0.29) is 24.1 Å². The zero-order valence-electron chi connectivity index (χ0n) is 23.7. The molecule has 0 unspecified atom stereocenters. The van der Waals surface area contributed by atoms with Crippen LogP contribution in [0.15, 0.2) is 54.9 Å². The van der Waals surface area contributed by atoms with E-state index >= 15 is 4.39 Å². The van der Waals surface area contributed by atoms with Crippen LogP contribution in [0, 0.1) is 19.7 Å². The first-order valence-corrected chi connectivity index (χ1v) is 13.8. The lowest BCUT2D eigenvalue weighted by molar-refractivity contribution is -0.141. The molecule has 3 aromatic carbocycles. The van der Waals surface area contributed by atoms with E-state index in [0.717, 1.165) is 45.0 Å². The van der Waals surface area contributed by atoms with E-state index in [2.05, 4.69) is 18.8 Å². The van der Waals surface area contributed by atoms with Crippen LogP contribution in [-0.2, 0) is 29.6 Å². The average molecular weight is 557 g/mol. The summed E-state index contributed by atoms with van der Waals surface area (Å²) in [5.41, 5.74) is 6.81. The molecule has 4 aromatic rings. The minimum atomic E-state index is -0.406. The second kappa shape index (κ2) is 10.9. The largest absolute Gasteiger partial charge is 0.492 e. The fraction of sp³-hybridized carbons (Fsp3) is 0.333. The number of benzene rings is 3. The van der Waals surface area contributed by atoms with E-state index in [1.54, 1.807) is 12.3 Å². The molecule has 0 radical (unpaired) electrons. The number of fused-ring (bicyclic) bond motifs is 2. The van der Waals surface area contributed by atoms with E-state index in [0.29, 0.717) is 43.1 Å². The number of carbonyl (C=O) groups is 1. The van der Waals surface area contributed by atoms with Crippen molar-refractivity contribution < 1.29 is 28.1 Å². The third kappa shape index (κ3) is 5.14. The molecule has 2 heterocycles. The van der Waals surface area contributed by atoms with Gasteiger partial charge in [0.25, 0.3) is 0 Å². The number of halogens is 1. The number of esters is 1. The highest BCUT2D eigenvalue weighted by atomic mass is 19.1. The minimum Gasteiger partial charge on any atom is -0.492 e. The Kier molecular flexibility index (Phi) is 7.15. The first kappa shape index (κ1) is 26.9. The smallest absolute Gasteiger partial charge is 0.306 e. The highest BCUT2D eigenvalue weighted by Crippen LogP contribution is 2.45. The maximum atomic E-state index is 15.3. The number of carbonyl (C=O) groups excluding carboxylic acids is 1. The van der Waals surface area contributed by atoms with Crippen LogP contribution in [0.25, 0.3) is 11.1 Å². The van der Waals surface area contributed by atoms with Crippen molar-refractivity contribution >= 4 is 5.97 Å². The number of hydrogen-bond donors (Lipinski definition) is 0. The molecule has 1 aromatic heterocycles. The van der Waals surface area contributed by atoms with Crippen LogP contribution >= 0.6 is 0 Å². The summed E-state index contributed by atoms with van der Waals surface area (Å²) in [6.07, 6.45) is 4.90. The Morgan fingerprint density at radius 1 is 1.12 bits per heavy atom. The van der Waals surface area contributed by atoms with Crippen molar-refractivity contribution in [1.29, 1.82) is 0 Å². The molecule has 0 saturated carbocycles. The molecule has 0 spiro atoms. The second-order valence-corrected chi connectivity index (χ2v) is 10.8. The van der Waals surface area contributed by atoms with E-state index in [4.69, 9.17) is 18.9 Å². The number of imidazole rings is 1. The van der Waals surface area contributed by atoms with E-state index in [1.807, 2.05) is 54.2 Å². The summed E-state index contributed by atoms with van der Waals surface area (Å²) in [4.78, 5) is 16.1. The molecule has 212 valence electrons. The molecular weight excluding hydrogens is 523 g/mol. The molecule has 2 atom stereocenters. The number of methoxy groups -OCH3 is 1. The van der Waals surface area contributed by atoms with Crippen LogP contribution in [0.1, 0.15) is 58.5 Å². The van der Waals surface area contributed by atoms with Crippen molar-refractivity contribution in [2.45, 2.75) is 51.7 Å². The fourth-order valence-corrected chi connectivity index (χ4v) is 6.09. The minimum absolute atomic E-state index is 0.0446. The Labute approximate surface area is 238 Å². The summed E-state index contributed by atoms with van der Waals surface area (Å²) in [7, 11) is 3.33. The van der Waals surface area contributed by atoms with E-state index in [9.17, 15) is 4.79 Å². The van der Waals surface area contributed by atoms with Gasteiger partial charge in [0.2, 0.25) is 0 Å². The Bertz CT molecular complexity index is 1610. The molecule has 1 aliphatic carbocycles.